The van der Waals surface area contributed by atoms with Crippen molar-refractivity contribution in [2.24, 2.45) is 5.92 Å². The fraction of sp³-hybridized carbons (Fsp3) is 0.500. The first-order valence-corrected chi connectivity index (χ1v) is 8.37. The maximum absolute atomic E-state index is 12.3. The maximum atomic E-state index is 12.3. The van der Waals surface area contributed by atoms with Gasteiger partial charge < -0.3 is 10.2 Å². The molecule has 23 heavy (non-hydrogen) atoms. The van der Waals surface area contributed by atoms with E-state index in [9.17, 15) is 9.59 Å². The standard InChI is InChI=1S/C18H23N3O2/c22-17(12-14-4-1-2-5-14)21-10-7-16(8-11-21)20-18(23)15-6-3-9-19-13-15/h1,3-4,6,9,13-14,16H,2,5,7-8,10-12H2,(H,20,23). The molecular formula is C18H23N3O2. The average molecular weight is 313 g/mol. The van der Waals surface area contributed by atoms with Gasteiger partial charge in [-0.3, -0.25) is 14.6 Å². The molecule has 1 atom stereocenters. The quantitative estimate of drug-likeness (QED) is 0.867. The number of nitrogens with one attached hydrogen (secondary N) is 1. The molecule has 3 rings (SSSR count). The Morgan fingerprint density at radius 1 is 1.26 bits per heavy atom. The van der Waals surface area contributed by atoms with Gasteiger partial charge in [-0.2, -0.15) is 0 Å². The van der Waals surface area contributed by atoms with Crippen molar-refractivity contribution in [3.05, 3.63) is 42.2 Å². The highest BCUT2D eigenvalue weighted by atomic mass is 16.2. The zero-order valence-corrected chi connectivity index (χ0v) is 13.3. The van der Waals surface area contributed by atoms with Crippen molar-refractivity contribution in [1.29, 1.82) is 0 Å². The Morgan fingerprint density at radius 2 is 2.09 bits per heavy atom. The van der Waals surface area contributed by atoms with Crippen LogP contribution in [0.4, 0.5) is 0 Å². The maximum Gasteiger partial charge on any atom is 0.253 e. The van der Waals surface area contributed by atoms with E-state index >= 15 is 0 Å². The normalized spacial score (nSPS) is 21.4. The van der Waals surface area contributed by atoms with E-state index in [4.69, 9.17) is 0 Å². The van der Waals surface area contributed by atoms with Gasteiger partial charge in [0.25, 0.3) is 5.91 Å². The monoisotopic (exact) mass is 313 g/mol. The molecule has 0 aromatic carbocycles. The van der Waals surface area contributed by atoms with Crippen LogP contribution in [-0.2, 0) is 4.79 Å². The molecule has 5 heteroatoms. The van der Waals surface area contributed by atoms with Gasteiger partial charge in [0.1, 0.15) is 0 Å². The van der Waals surface area contributed by atoms with Crippen molar-refractivity contribution >= 4 is 11.8 Å². The summed E-state index contributed by atoms with van der Waals surface area (Å²) < 4.78 is 0. The summed E-state index contributed by atoms with van der Waals surface area (Å²) in [6, 6.07) is 3.65. The average Bonchev–Trinajstić information content (AvgIpc) is 3.09. The summed E-state index contributed by atoms with van der Waals surface area (Å²) in [5.41, 5.74) is 0.582. The SMILES string of the molecule is O=C(NC1CCN(C(=O)CC2C=CCC2)CC1)c1cccnc1. The molecular weight excluding hydrogens is 290 g/mol. The number of hydrogen-bond donors (Lipinski definition) is 1. The molecule has 1 fully saturated rings. The van der Waals surface area contributed by atoms with Crippen molar-refractivity contribution in [2.75, 3.05) is 13.1 Å². The minimum atomic E-state index is -0.0843. The topological polar surface area (TPSA) is 62.3 Å². The van der Waals surface area contributed by atoms with Crippen LogP contribution in [0.1, 0.15) is 42.5 Å². The zero-order valence-electron chi connectivity index (χ0n) is 13.3. The highest BCUT2D eigenvalue weighted by Gasteiger charge is 2.25. The lowest BCUT2D eigenvalue weighted by molar-refractivity contribution is -0.132. The van der Waals surface area contributed by atoms with Crippen LogP contribution < -0.4 is 5.32 Å². The predicted octanol–water partition coefficient (Wildman–Crippen LogP) is 2.16. The number of likely N-dealkylation sites (tertiary alicyclic amines) is 1. The number of pyridine rings is 1. The van der Waals surface area contributed by atoms with Crippen molar-refractivity contribution in [3.63, 3.8) is 0 Å². The van der Waals surface area contributed by atoms with E-state index in [-0.39, 0.29) is 17.9 Å². The summed E-state index contributed by atoms with van der Waals surface area (Å²) >= 11 is 0. The van der Waals surface area contributed by atoms with Gasteiger partial charge in [-0.1, -0.05) is 12.2 Å². The molecule has 1 aliphatic carbocycles. The number of nitrogens with zero attached hydrogens (tertiary/aromatic N) is 2. The molecule has 2 aliphatic rings. The van der Waals surface area contributed by atoms with Crippen LogP contribution in [0, 0.1) is 5.92 Å². The lowest BCUT2D eigenvalue weighted by Crippen LogP contribution is -2.46. The van der Waals surface area contributed by atoms with Crippen molar-refractivity contribution in [1.82, 2.24) is 15.2 Å². The first-order chi connectivity index (χ1) is 11.2. The molecule has 1 aliphatic heterocycles. The molecule has 0 radical (unpaired) electrons. The minimum Gasteiger partial charge on any atom is -0.349 e. The highest BCUT2D eigenvalue weighted by molar-refractivity contribution is 5.94. The first-order valence-electron chi connectivity index (χ1n) is 8.37. The van der Waals surface area contributed by atoms with E-state index in [0.29, 0.717) is 17.9 Å². The Kier molecular flexibility index (Phi) is 5.05. The smallest absolute Gasteiger partial charge is 0.253 e. The second-order valence-electron chi connectivity index (χ2n) is 6.34. The molecule has 0 spiro atoms. The number of carbonyl (C=O) groups excluding carboxylic acids is 2. The molecule has 1 aromatic rings. The van der Waals surface area contributed by atoms with Gasteiger partial charge >= 0.3 is 0 Å². The lowest BCUT2D eigenvalue weighted by Gasteiger charge is -2.33. The molecule has 5 nitrogen and oxygen atoms in total. The number of carbonyl (C=O) groups is 2. The summed E-state index contributed by atoms with van der Waals surface area (Å²) in [5, 5.41) is 3.04. The molecule has 1 N–H and O–H groups in total. The van der Waals surface area contributed by atoms with Gasteiger partial charge in [0.2, 0.25) is 5.91 Å². The van der Waals surface area contributed by atoms with E-state index in [0.717, 1.165) is 38.8 Å². The number of aromatic nitrogens is 1. The van der Waals surface area contributed by atoms with Crippen LogP contribution in [0.2, 0.25) is 0 Å². The molecule has 1 saturated heterocycles. The second-order valence-corrected chi connectivity index (χ2v) is 6.34. The summed E-state index contributed by atoms with van der Waals surface area (Å²) in [6.07, 6.45) is 12.0. The first kappa shape index (κ1) is 15.7. The molecule has 0 saturated carbocycles. The number of rotatable bonds is 4. The van der Waals surface area contributed by atoms with Crippen LogP contribution in [0.3, 0.4) is 0 Å². The van der Waals surface area contributed by atoms with Crippen molar-refractivity contribution in [2.45, 2.75) is 38.1 Å². The Morgan fingerprint density at radius 3 is 2.74 bits per heavy atom. The van der Waals surface area contributed by atoms with Gasteiger partial charge in [0, 0.05) is 37.9 Å². The molecule has 2 amide bonds. The number of allylic oxidation sites excluding steroid dienone is 2. The summed E-state index contributed by atoms with van der Waals surface area (Å²) in [6.45, 7) is 1.46. The second kappa shape index (κ2) is 7.40. The van der Waals surface area contributed by atoms with E-state index in [2.05, 4.69) is 22.5 Å². The molecule has 1 unspecified atom stereocenters. The van der Waals surface area contributed by atoms with Gasteiger partial charge in [-0.25, -0.2) is 0 Å². The van der Waals surface area contributed by atoms with E-state index < -0.39 is 0 Å². The Balaban J connectivity index is 1.44. The van der Waals surface area contributed by atoms with Gasteiger partial charge in [0.05, 0.1) is 5.56 Å². The Bertz CT molecular complexity index is 577. The fourth-order valence-corrected chi connectivity index (χ4v) is 3.26. The summed E-state index contributed by atoms with van der Waals surface area (Å²) in [4.78, 5) is 30.3. The van der Waals surface area contributed by atoms with Crippen LogP contribution in [-0.4, -0.2) is 40.8 Å². The van der Waals surface area contributed by atoms with Crippen molar-refractivity contribution < 1.29 is 9.59 Å². The number of amides is 2. The van der Waals surface area contributed by atoms with Crippen molar-refractivity contribution in [3.8, 4) is 0 Å². The molecule has 122 valence electrons. The van der Waals surface area contributed by atoms with Gasteiger partial charge in [-0.15, -0.1) is 0 Å². The van der Waals surface area contributed by atoms with Gasteiger partial charge in [0.15, 0.2) is 0 Å². The van der Waals surface area contributed by atoms with Crippen LogP contribution in [0.5, 0.6) is 0 Å². The fourth-order valence-electron chi connectivity index (χ4n) is 3.26. The lowest BCUT2D eigenvalue weighted by atomic mass is 10.0. The van der Waals surface area contributed by atoms with E-state index in [1.807, 2.05) is 4.90 Å². The number of hydrogen-bond acceptors (Lipinski definition) is 3. The van der Waals surface area contributed by atoms with E-state index in [1.54, 1.807) is 24.5 Å². The largest absolute Gasteiger partial charge is 0.349 e. The van der Waals surface area contributed by atoms with E-state index in [1.165, 1.54) is 0 Å². The zero-order chi connectivity index (χ0) is 16.1. The summed E-state index contributed by atoms with van der Waals surface area (Å²) in [5.74, 6) is 0.586. The molecule has 2 heterocycles. The van der Waals surface area contributed by atoms with Crippen LogP contribution in [0.15, 0.2) is 36.7 Å². The third-order valence-corrected chi connectivity index (χ3v) is 4.66. The summed E-state index contributed by atoms with van der Waals surface area (Å²) in [7, 11) is 0. The molecule has 1 aromatic heterocycles. The Labute approximate surface area is 136 Å². The van der Waals surface area contributed by atoms with Crippen LogP contribution in [0.25, 0.3) is 0 Å². The third kappa shape index (κ3) is 4.18. The predicted molar refractivity (Wildman–Crippen MR) is 87.8 cm³/mol. The molecule has 0 bridgehead atoms. The minimum absolute atomic E-state index is 0.0843. The van der Waals surface area contributed by atoms with Crippen LogP contribution >= 0.6 is 0 Å². The van der Waals surface area contributed by atoms with Gasteiger partial charge in [-0.05, 0) is 43.7 Å². The highest BCUT2D eigenvalue weighted by Crippen LogP contribution is 2.22. The third-order valence-electron chi connectivity index (χ3n) is 4.66. The number of piperidine rings is 1. The Hall–Kier alpha value is -2.17.